The summed E-state index contributed by atoms with van der Waals surface area (Å²) >= 11 is 0. The van der Waals surface area contributed by atoms with E-state index in [2.05, 4.69) is 5.32 Å². The Labute approximate surface area is 138 Å². The van der Waals surface area contributed by atoms with E-state index in [1.807, 2.05) is 0 Å². The molecule has 0 saturated carbocycles. The molecule has 1 aromatic rings. The summed E-state index contributed by atoms with van der Waals surface area (Å²) in [5, 5.41) is 11.8. The number of ether oxygens (including phenoxy) is 2. The maximum atomic E-state index is 12.9. The molecule has 1 unspecified atom stereocenters. The van der Waals surface area contributed by atoms with E-state index in [4.69, 9.17) is 9.47 Å². The van der Waals surface area contributed by atoms with E-state index in [9.17, 15) is 23.1 Å². The molecule has 1 fully saturated rings. The van der Waals surface area contributed by atoms with Crippen LogP contribution in [0.25, 0.3) is 0 Å². The van der Waals surface area contributed by atoms with Crippen molar-refractivity contribution in [2.75, 3.05) is 25.6 Å². The molecule has 1 atom stereocenters. The molecule has 24 heavy (non-hydrogen) atoms. The number of amides is 1. The van der Waals surface area contributed by atoms with Crippen LogP contribution in [0, 0.1) is 0 Å². The van der Waals surface area contributed by atoms with Crippen molar-refractivity contribution < 1.29 is 32.6 Å². The zero-order valence-corrected chi connectivity index (χ0v) is 13.6. The van der Waals surface area contributed by atoms with Gasteiger partial charge >= 0.3 is 5.97 Å². The van der Waals surface area contributed by atoms with Gasteiger partial charge in [-0.15, -0.1) is 0 Å². The van der Waals surface area contributed by atoms with Crippen molar-refractivity contribution in [3.8, 4) is 11.5 Å². The Morgan fingerprint density at radius 2 is 2.21 bits per heavy atom. The van der Waals surface area contributed by atoms with Crippen LogP contribution in [-0.2, 0) is 19.6 Å². The molecule has 3 rings (SSSR count). The van der Waals surface area contributed by atoms with Crippen molar-refractivity contribution >= 4 is 27.6 Å². The average molecular weight is 356 g/mol. The van der Waals surface area contributed by atoms with Gasteiger partial charge in [0.05, 0.1) is 12.8 Å². The molecule has 2 aliphatic heterocycles. The van der Waals surface area contributed by atoms with Gasteiger partial charge in [0.1, 0.15) is 22.4 Å². The van der Waals surface area contributed by atoms with Gasteiger partial charge in [0.2, 0.25) is 10.0 Å². The van der Waals surface area contributed by atoms with E-state index in [0.29, 0.717) is 12.1 Å². The first kappa shape index (κ1) is 16.5. The number of sulfonamides is 1. The minimum atomic E-state index is -4.09. The average Bonchev–Trinajstić information content (AvgIpc) is 3.04. The van der Waals surface area contributed by atoms with Gasteiger partial charge in [0.15, 0.2) is 6.61 Å². The van der Waals surface area contributed by atoms with E-state index >= 15 is 0 Å². The van der Waals surface area contributed by atoms with Crippen LogP contribution in [0.15, 0.2) is 17.0 Å². The summed E-state index contributed by atoms with van der Waals surface area (Å²) in [6, 6.07) is 1.50. The van der Waals surface area contributed by atoms with Gasteiger partial charge < -0.3 is 19.9 Å². The van der Waals surface area contributed by atoms with Crippen LogP contribution in [0.1, 0.15) is 12.8 Å². The van der Waals surface area contributed by atoms with Gasteiger partial charge in [0, 0.05) is 18.7 Å². The van der Waals surface area contributed by atoms with E-state index in [1.54, 1.807) is 0 Å². The highest BCUT2D eigenvalue weighted by Gasteiger charge is 2.41. The number of anilines is 1. The molecule has 2 heterocycles. The minimum absolute atomic E-state index is 0.00980. The van der Waals surface area contributed by atoms with Crippen molar-refractivity contribution in [2.24, 2.45) is 0 Å². The number of methoxy groups -OCH3 is 1. The number of carboxylic acid groups (broad SMARTS) is 1. The molecule has 10 heteroatoms. The molecule has 1 amide bonds. The van der Waals surface area contributed by atoms with Crippen molar-refractivity contribution in [1.82, 2.24) is 4.31 Å². The van der Waals surface area contributed by atoms with E-state index in [0.717, 1.165) is 4.31 Å². The zero-order chi connectivity index (χ0) is 17.5. The predicted molar refractivity (Wildman–Crippen MR) is 81.7 cm³/mol. The second kappa shape index (κ2) is 5.95. The first-order valence-electron chi connectivity index (χ1n) is 7.24. The molecular formula is C14H16N2O7S. The largest absolute Gasteiger partial charge is 0.495 e. The first-order chi connectivity index (χ1) is 11.3. The number of carbonyl (C=O) groups is 2. The van der Waals surface area contributed by atoms with Crippen LogP contribution in [0.2, 0.25) is 0 Å². The monoisotopic (exact) mass is 356 g/mol. The van der Waals surface area contributed by atoms with Crippen molar-refractivity contribution in [1.29, 1.82) is 0 Å². The highest BCUT2D eigenvalue weighted by atomic mass is 32.2. The second-order valence-corrected chi connectivity index (χ2v) is 7.31. The van der Waals surface area contributed by atoms with E-state index in [1.165, 1.54) is 19.2 Å². The lowest BCUT2D eigenvalue weighted by Crippen LogP contribution is -2.40. The van der Waals surface area contributed by atoms with Crippen LogP contribution in [0.5, 0.6) is 11.5 Å². The SMILES string of the molecule is COc1cc2c(cc1S(=O)(=O)N1CCCC1C(=O)O)OCC(=O)N2. The third-order valence-electron chi connectivity index (χ3n) is 3.97. The molecule has 2 aliphatic rings. The standard InChI is InChI=1S/C14H16N2O7S/c1-22-11-5-8-10(23-7-13(17)15-8)6-12(11)24(20,21)16-4-2-3-9(16)14(18)19/h5-6,9H,2-4,7H2,1H3,(H,15,17)(H,18,19). The third kappa shape index (κ3) is 2.67. The van der Waals surface area contributed by atoms with Gasteiger partial charge in [0.25, 0.3) is 5.91 Å². The van der Waals surface area contributed by atoms with Crippen molar-refractivity contribution in [3.63, 3.8) is 0 Å². The molecule has 0 aliphatic carbocycles. The van der Waals surface area contributed by atoms with Crippen molar-refractivity contribution in [2.45, 2.75) is 23.8 Å². The number of fused-ring (bicyclic) bond motifs is 1. The van der Waals surface area contributed by atoms with E-state index < -0.39 is 22.0 Å². The number of carboxylic acids is 1. The van der Waals surface area contributed by atoms with Gasteiger partial charge in [-0.3, -0.25) is 9.59 Å². The summed E-state index contributed by atoms with van der Waals surface area (Å²) in [6.07, 6.45) is 0.727. The van der Waals surface area contributed by atoms with E-state index in [-0.39, 0.29) is 41.9 Å². The lowest BCUT2D eigenvalue weighted by molar-refractivity contribution is -0.140. The Morgan fingerprint density at radius 1 is 1.46 bits per heavy atom. The predicted octanol–water partition coefficient (Wildman–Crippen LogP) is 0.264. The quantitative estimate of drug-likeness (QED) is 0.793. The topological polar surface area (TPSA) is 122 Å². The maximum absolute atomic E-state index is 12.9. The molecule has 2 N–H and O–H groups in total. The van der Waals surface area contributed by atoms with Crippen molar-refractivity contribution in [3.05, 3.63) is 12.1 Å². The molecular weight excluding hydrogens is 340 g/mol. The number of nitrogens with zero attached hydrogens (tertiary/aromatic N) is 1. The molecule has 9 nitrogen and oxygen atoms in total. The van der Waals surface area contributed by atoms with Crippen LogP contribution < -0.4 is 14.8 Å². The highest BCUT2D eigenvalue weighted by Crippen LogP contribution is 2.39. The molecule has 0 aromatic heterocycles. The lowest BCUT2D eigenvalue weighted by atomic mass is 10.2. The van der Waals surface area contributed by atoms with Crippen LogP contribution in [0.3, 0.4) is 0 Å². The molecule has 130 valence electrons. The summed E-state index contributed by atoms with van der Waals surface area (Å²) in [6.45, 7) is -0.0998. The Morgan fingerprint density at radius 3 is 2.88 bits per heavy atom. The fourth-order valence-electron chi connectivity index (χ4n) is 2.85. The number of nitrogens with one attached hydrogen (secondary N) is 1. The third-order valence-corrected chi connectivity index (χ3v) is 5.90. The van der Waals surface area contributed by atoms with Crippen LogP contribution in [0.4, 0.5) is 5.69 Å². The summed E-state index contributed by atoms with van der Waals surface area (Å²) in [5.74, 6) is -1.34. The number of hydrogen-bond donors (Lipinski definition) is 2. The molecule has 1 saturated heterocycles. The fourth-order valence-corrected chi connectivity index (χ4v) is 4.66. The van der Waals surface area contributed by atoms with Gasteiger partial charge in [-0.25, -0.2) is 8.42 Å². The van der Waals surface area contributed by atoms with Crippen LogP contribution >= 0.6 is 0 Å². The Kier molecular flexibility index (Phi) is 4.10. The Bertz CT molecular complexity index is 806. The van der Waals surface area contributed by atoms with Gasteiger partial charge in [-0.2, -0.15) is 4.31 Å². The fraction of sp³-hybridized carbons (Fsp3) is 0.429. The molecule has 0 radical (unpaired) electrons. The number of hydrogen-bond acceptors (Lipinski definition) is 6. The summed E-state index contributed by atoms with van der Waals surface area (Å²) in [4.78, 5) is 22.5. The smallest absolute Gasteiger partial charge is 0.322 e. The molecule has 0 bridgehead atoms. The summed E-state index contributed by atoms with van der Waals surface area (Å²) < 4.78 is 37.2. The van der Waals surface area contributed by atoms with Gasteiger partial charge in [-0.1, -0.05) is 0 Å². The number of benzene rings is 1. The normalized spacial score (nSPS) is 20.9. The lowest BCUT2D eigenvalue weighted by Gasteiger charge is -2.24. The number of aliphatic carboxylic acids is 1. The second-order valence-electron chi connectivity index (χ2n) is 5.45. The van der Waals surface area contributed by atoms with Crippen LogP contribution in [-0.4, -0.2) is 56.0 Å². The Balaban J connectivity index is 2.07. The number of rotatable bonds is 4. The zero-order valence-electron chi connectivity index (χ0n) is 12.8. The van der Waals surface area contributed by atoms with Gasteiger partial charge in [-0.05, 0) is 12.8 Å². The highest BCUT2D eigenvalue weighted by molar-refractivity contribution is 7.89. The summed E-state index contributed by atoms with van der Waals surface area (Å²) in [7, 11) is -2.79. The minimum Gasteiger partial charge on any atom is -0.495 e. The first-order valence-corrected chi connectivity index (χ1v) is 8.68. The summed E-state index contributed by atoms with van der Waals surface area (Å²) in [5.41, 5.74) is 0.304. The Hall–Kier alpha value is -2.33. The molecule has 1 aromatic carbocycles. The number of carbonyl (C=O) groups excluding carboxylic acids is 1. The maximum Gasteiger partial charge on any atom is 0.322 e. The molecule has 0 spiro atoms.